The molecule has 2 aliphatic rings. The van der Waals surface area contributed by atoms with Crippen molar-refractivity contribution in [2.24, 2.45) is 0 Å². The van der Waals surface area contributed by atoms with Gasteiger partial charge in [0.2, 0.25) is 0 Å². The van der Waals surface area contributed by atoms with E-state index in [1.165, 1.54) is 25.7 Å². The third-order valence-corrected chi connectivity index (χ3v) is 15.9. The summed E-state index contributed by atoms with van der Waals surface area (Å²) in [6.07, 6.45) is 7.99. The fourth-order valence-corrected chi connectivity index (χ4v) is 16.4. The SMILES string of the molecule is C[Si](C)(C)C1=CC2=C(CCCC2)[Si]1(c1ccccc1)c1ccccc1. The van der Waals surface area contributed by atoms with Crippen LogP contribution in [0.1, 0.15) is 25.7 Å². The van der Waals surface area contributed by atoms with Gasteiger partial charge >= 0.3 is 0 Å². The molecule has 0 nitrogen and oxygen atoms in total. The molecule has 25 heavy (non-hydrogen) atoms. The van der Waals surface area contributed by atoms with Gasteiger partial charge in [0.05, 0.1) is 8.07 Å². The summed E-state index contributed by atoms with van der Waals surface area (Å²) in [7, 11) is -3.44. The van der Waals surface area contributed by atoms with Gasteiger partial charge in [-0.2, -0.15) is 0 Å². The minimum absolute atomic E-state index is 1.29. The van der Waals surface area contributed by atoms with E-state index in [9.17, 15) is 0 Å². The van der Waals surface area contributed by atoms with Crippen LogP contribution >= 0.6 is 0 Å². The summed E-state index contributed by atoms with van der Waals surface area (Å²) in [5, 5.41) is 5.03. The Kier molecular flexibility index (Phi) is 4.21. The average Bonchev–Trinajstić information content (AvgIpc) is 3.00. The zero-order chi connectivity index (χ0) is 17.5. The van der Waals surface area contributed by atoms with Gasteiger partial charge in [0.25, 0.3) is 0 Å². The Morgan fingerprint density at radius 3 is 1.76 bits per heavy atom. The van der Waals surface area contributed by atoms with Gasteiger partial charge in [0, 0.05) is 0 Å². The molecule has 128 valence electrons. The van der Waals surface area contributed by atoms with Crippen LogP contribution in [-0.2, 0) is 0 Å². The zero-order valence-corrected chi connectivity index (χ0v) is 17.7. The van der Waals surface area contributed by atoms with Crippen molar-refractivity contribution < 1.29 is 0 Å². The number of hydrogen-bond acceptors (Lipinski definition) is 0. The van der Waals surface area contributed by atoms with Crippen molar-refractivity contribution in [2.45, 2.75) is 45.3 Å². The van der Waals surface area contributed by atoms with E-state index in [2.05, 4.69) is 86.4 Å². The Balaban J connectivity index is 2.08. The molecular formula is C23H28Si2. The molecule has 0 spiro atoms. The maximum atomic E-state index is 2.67. The van der Waals surface area contributed by atoms with Gasteiger partial charge in [-0.1, -0.05) is 102 Å². The lowest BCUT2D eigenvalue weighted by molar-refractivity contribution is 0.703. The Morgan fingerprint density at radius 1 is 0.720 bits per heavy atom. The molecule has 2 heteroatoms. The molecule has 0 radical (unpaired) electrons. The maximum Gasteiger partial charge on any atom is 0.168 e. The van der Waals surface area contributed by atoms with Crippen LogP contribution in [0, 0.1) is 0 Å². The molecule has 0 fully saturated rings. The smallest absolute Gasteiger partial charge is 0.0782 e. The lowest BCUT2D eigenvalue weighted by Crippen LogP contribution is -2.64. The van der Waals surface area contributed by atoms with Gasteiger partial charge in [-0.3, -0.25) is 0 Å². The van der Waals surface area contributed by atoms with Crippen LogP contribution in [0.5, 0.6) is 0 Å². The molecule has 2 aromatic carbocycles. The first-order valence-corrected chi connectivity index (χ1v) is 15.1. The topological polar surface area (TPSA) is 0 Å². The van der Waals surface area contributed by atoms with Crippen molar-refractivity contribution in [3.63, 3.8) is 0 Å². The Labute approximate surface area is 154 Å². The van der Waals surface area contributed by atoms with E-state index < -0.39 is 16.1 Å². The van der Waals surface area contributed by atoms with Gasteiger partial charge in [-0.25, -0.2) is 0 Å². The number of rotatable bonds is 3. The summed E-state index contributed by atoms with van der Waals surface area (Å²) in [6, 6.07) is 23.0. The van der Waals surface area contributed by atoms with Gasteiger partial charge in [-0.15, -0.1) is 0 Å². The second-order valence-corrected chi connectivity index (χ2v) is 17.8. The van der Waals surface area contributed by atoms with Crippen LogP contribution in [0.4, 0.5) is 0 Å². The molecule has 0 amide bonds. The van der Waals surface area contributed by atoms with E-state index in [-0.39, 0.29) is 0 Å². The highest BCUT2D eigenvalue weighted by Crippen LogP contribution is 2.44. The van der Waals surface area contributed by atoms with Crippen LogP contribution in [0.15, 0.2) is 82.3 Å². The van der Waals surface area contributed by atoms with Crippen LogP contribution < -0.4 is 10.4 Å². The molecule has 0 unspecified atom stereocenters. The van der Waals surface area contributed by atoms with Crippen LogP contribution in [0.25, 0.3) is 0 Å². The van der Waals surface area contributed by atoms with E-state index in [4.69, 9.17) is 0 Å². The third kappa shape index (κ3) is 2.63. The quantitative estimate of drug-likeness (QED) is 0.675. The summed E-state index contributed by atoms with van der Waals surface area (Å²) in [6.45, 7) is 7.64. The minimum Gasteiger partial charge on any atom is -0.0782 e. The number of benzene rings is 2. The van der Waals surface area contributed by atoms with Crippen LogP contribution in [-0.4, -0.2) is 16.1 Å². The molecule has 1 aliphatic carbocycles. The molecule has 0 saturated heterocycles. The van der Waals surface area contributed by atoms with E-state index in [1.807, 2.05) is 10.0 Å². The lowest BCUT2D eigenvalue weighted by Gasteiger charge is -2.40. The number of hydrogen-bond donors (Lipinski definition) is 0. The zero-order valence-electron chi connectivity index (χ0n) is 15.7. The molecular weight excluding hydrogens is 332 g/mol. The van der Waals surface area contributed by atoms with E-state index >= 15 is 0 Å². The van der Waals surface area contributed by atoms with Crippen molar-refractivity contribution in [2.75, 3.05) is 0 Å². The van der Waals surface area contributed by atoms with Crippen molar-refractivity contribution in [3.05, 3.63) is 82.3 Å². The first-order chi connectivity index (χ1) is 12.0. The maximum absolute atomic E-state index is 2.67. The fourth-order valence-electron chi connectivity index (χ4n) is 4.94. The standard InChI is InChI=1S/C23H28Si2/c1-24(2,3)23-18-19-12-10-11-17-22(19)25(23,20-13-6-4-7-14-20)21-15-8-5-9-16-21/h4-9,13-16,18H,10-12,17H2,1-3H3. The summed E-state index contributed by atoms with van der Waals surface area (Å²) in [4.78, 5) is 1.84. The molecule has 0 saturated carbocycles. The van der Waals surface area contributed by atoms with Crippen molar-refractivity contribution >= 4 is 26.5 Å². The predicted molar refractivity (Wildman–Crippen MR) is 115 cm³/mol. The lowest BCUT2D eigenvalue weighted by atomic mass is 10.00. The molecule has 0 bridgehead atoms. The molecule has 1 aliphatic heterocycles. The largest absolute Gasteiger partial charge is 0.168 e. The molecule has 4 rings (SSSR count). The van der Waals surface area contributed by atoms with Gasteiger partial charge in [0.15, 0.2) is 8.07 Å². The molecule has 2 aromatic rings. The van der Waals surface area contributed by atoms with E-state index in [1.54, 1.807) is 15.9 Å². The normalized spacial score (nSPS) is 19.6. The number of allylic oxidation sites excluding steroid dienone is 3. The first-order valence-electron chi connectivity index (χ1n) is 9.61. The second kappa shape index (κ2) is 6.26. The highest BCUT2D eigenvalue weighted by Gasteiger charge is 2.52. The fraction of sp³-hybridized carbons (Fsp3) is 0.304. The minimum atomic E-state index is -2.01. The van der Waals surface area contributed by atoms with Crippen LogP contribution in [0.2, 0.25) is 19.6 Å². The monoisotopic (exact) mass is 360 g/mol. The average molecular weight is 361 g/mol. The second-order valence-electron chi connectivity index (χ2n) is 8.50. The highest BCUT2D eigenvalue weighted by molar-refractivity contribution is 7.22. The van der Waals surface area contributed by atoms with Crippen molar-refractivity contribution in [1.29, 1.82) is 0 Å². The van der Waals surface area contributed by atoms with Crippen LogP contribution in [0.3, 0.4) is 0 Å². The van der Waals surface area contributed by atoms with Gasteiger partial charge < -0.3 is 0 Å². The molecule has 0 N–H and O–H groups in total. The van der Waals surface area contributed by atoms with Crippen molar-refractivity contribution in [3.8, 4) is 0 Å². The van der Waals surface area contributed by atoms with Gasteiger partial charge in [-0.05, 0) is 36.1 Å². The molecule has 1 heterocycles. The third-order valence-electron chi connectivity index (χ3n) is 5.91. The summed E-state index contributed by atoms with van der Waals surface area (Å²) >= 11 is 0. The highest BCUT2D eigenvalue weighted by atomic mass is 28.4. The van der Waals surface area contributed by atoms with E-state index in [0.717, 1.165) is 0 Å². The summed E-state index contributed by atoms with van der Waals surface area (Å²) in [5.41, 5.74) is 1.70. The van der Waals surface area contributed by atoms with Gasteiger partial charge in [0.1, 0.15) is 0 Å². The van der Waals surface area contributed by atoms with Crippen molar-refractivity contribution in [1.82, 2.24) is 0 Å². The molecule has 0 atom stereocenters. The molecule has 0 aromatic heterocycles. The Bertz CT molecular complexity index is 784. The summed E-state index contributed by atoms with van der Waals surface area (Å²) < 4.78 is 0. The Hall–Kier alpha value is -1.65. The Morgan fingerprint density at radius 2 is 1.24 bits per heavy atom. The van der Waals surface area contributed by atoms with E-state index in [0.29, 0.717) is 0 Å². The predicted octanol–water partition coefficient (Wildman–Crippen LogP) is 5.02. The first kappa shape index (κ1) is 16.8. The summed E-state index contributed by atoms with van der Waals surface area (Å²) in [5.74, 6) is 0.